The van der Waals surface area contributed by atoms with Gasteiger partial charge in [0, 0.05) is 20.9 Å². The van der Waals surface area contributed by atoms with Gasteiger partial charge in [-0.2, -0.15) is 0 Å². The van der Waals surface area contributed by atoms with Gasteiger partial charge in [0.25, 0.3) is 0 Å². The van der Waals surface area contributed by atoms with Crippen LogP contribution >= 0.6 is 39.0 Å². The number of aromatic carboxylic acids is 1. The number of thiazole rings is 1. The molecule has 1 aromatic carbocycles. The van der Waals surface area contributed by atoms with E-state index in [0.29, 0.717) is 4.47 Å². The van der Waals surface area contributed by atoms with Gasteiger partial charge in [0.1, 0.15) is 0 Å². The quantitative estimate of drug-likeness (QED) is 0.937. The Balaban J connectivity index is 2.24. The van der Waals surface area contributed by atoms with Gasteiger partial charge in [-0.05, 0) is 34.1 Å². The van der Waals surface area contributed by atoms with Crippen LogP contribution in [0.25, 0.3) is 0 Å². The molecule has 0 atom stereocenters. The van der Waals surface area contributed by atoms with Gasteiger partial charge in [0.05, 0.1) is 5.56 Å². The third-order valence-electron chi connectivity index (χ3n) is 1.79. The third kappa shape index (κ3) is 2.63. The summed E-state index contributed by atoms with van der Waals surface area (Å²) in [6, 6.07) is 5.15. The molecule has 16 heavy (non-hydrogen) atoms. The Labute approximate surface area is 109 Å². The van der Waals surface area contributed by atoms with E-state index in [2.05, 4.69) is 20.9 Å². The summed E-state index contributed by atoms with van der Waals surface area (Å²) in [6.07, 6.45) is 1.74. The van der Waals surface area contributed by atoms with Crippen molar-refractivity contribution in [2.75, 3.05) is 0 Å². The summed E-state index contributed by atoms with van der Waals surface area (Å²) in [6.45, 7) is 0. The first-order valence-corrected chi connectivity index (χ1v) is 6.76. The molecule has 0 saturated carbocycles. The lowest BCUT2D eigenvalue weighted by molar-refractivity contribution is 0.0696. The summed E-state index contributed by atoms with van der Waals surface area (Å²) in [5.74, 6) is -0.933. The second kappa shape index (κ2) is 4.99. The second-order valence-electron chi connectivity index (χ2n) is 2.85. The van der Waals surface area contributed by atoms with E-state index >= 15 is 0 Å². The van der Waals surface area contributed by atoms with Crippen LogP contribution in [0.15, 0.2) is 43.5 Å². The molecule has 0 aliphatic carbocycles. The van der Waals surface area contributed by atoms with Gasteiger partial charge in [0.2, 0.25) is 0 Å². The zero-order valence-electron chi connectivity index (χ0n) is 7.88. The lowest BCUT2D eigenvalue weighted by Crippen LogP contribution is -1.96. The minimum absolute atomic E-state index is 0.267. The van der Waals surface area contributed by atoms with Crippen molar-refractivity contribution < 1.29 is 9.90 Å². The molecule has 3 nitrogen and oxygen atoms in total. The number of benzene rings is 1. The first kappa shape index (κ1) is 11.6. The van der Waals surface area contributed by atoms with E-state index < -0.39 is 5.97 Å². The molecule has 0 unspecified atom stereocenters. The van der Waals surface area contributed by atoms with Crippen molar-refractivity contribution in [1.82, 2.24) is 4.98 Å². The highest BCUT2D eigenvalue weighted by Crippen LogP contribution is 2.31. The first-order chi connectivity index (χ1) is 7.66. The number of carboxylic acid groups (broad SMARTS) is 1. The molecule has 1 N–H and O–H groups in total. The SMILES string of the molecule is O=C(O)c1ccc(Sc2nccs2)cc1Br. The van der Waals surface area contributed by atoms with Gasteiger partial charge in [0.15, 0.2) is 4.34 Å². The predicted octanol–water partition coefficient (Wildman–Crippen LogP) is 3.76. The van der Waals surface area contributed by atoms with E-state index in [1.807, 2.05) is 5.38 Å². The molecular formula is C10H6BrNO2S2. The standard InChI is InChI=1S/C10H6BrNO2S2/c11-8-5-6(1-2-7(8)9(13)14)16-10-12-3-4-15-10/h1-5H,(H,13,14). The minimum Gasteiger partial charge on any atom is -0.478 e. The Kier molecular flexibility index (Phi) is 3.63. The van der Waals surface area contributed by atoms with Gasteiger partial charge in [-0.15, -0.1) is 11.3 Å². The molecule has 6 heteroatoms. The molecule has 0 bridgehead atoms. The number of halogens is 1. The summed E-state index contributed by atoms with van der Waals surface area (Å²) in [7, 11) is 0. The summed E-state index contributed by atoms with van der Waals surface area (Å²) >= 11 is 6.31. The highest BCUT2D eigenvalue weighted by molar-refractivity contribution is 9.10. The minimum atomic E-state index is -0.933. The van der Waals surface area contributed by atoms with Crippen LogP contribution in [-0.2, 0) is 0 Å². The van der Waals surface area contributed by atoms with Gasteiger partial charge in [-0.3, -0.25) is 0 Å². The number of carbonyl (C=O) groups is 1. The van der Waals surface area contributed by atoms with Gasteiger partial charge in [-0.1, -0.05) is 11.8 Å². The Morgan fingerprint density at radius 1 is 1.50 bits per heavy atom. The molecule has 2 rings (SSSR count). The maximum atomic E-state index is 10.8. The Morgan fingerprint density at radius 3 is 2.88 bits per heavy atom. The topological polar surface area (TPSA) is 50.2 Å². The lowest BCUT2D eigenvalue weighted by Gasteiger charge is -2.02. The summed E-state index contributed by atoms with van der Waals surface area (Å²) in [4.78, 5) is 15.9. The molecule has 0 spiro atoms. The smallest absolute Gasteiger partial charge is 0.336 e. The van der Waals surface area contributed by atoms with Crippen molar-refractivity contribution in [2.24, 2.45) is 0 Å². The van der Waals surface area contributed by atoms with E-state index in [1.165, 1.54) is 11.8 Å². The molecule has 0 aliphatic heterocycles. The Hall–Kier alpha value is -0.850. The van der Waals surface area contributed by atoms with Crippen LogP contribution in [0.4, 0.5) is 0 Å². The average Bonchev–Trinajstić information content (AvgIpc) is 2.70. The molecule has 2 aromatic rings. The summed E-state index contributed by atoms with van der Waals surface area (Å²) in [5, 5.41) is 10.8. The fraction of sp³-hybridized carbons (Fsp3) is 0. The van der Waals surface area contributed by atoms with Crippen LogP contribution in [0.5, 0.6) is 0 Å². The van der Waals surface area contributed by atoms with Gasteiger partial charge < -0.3 is 5.11 Å². The average molecular weight is 316 g/mol. The van der Waals surface area contributed by atoms with E-state index in [9.17, 15) is 4.79 Å². The van der Waals surface area contributed by atoms with Gasteiger partial charge in [-0.25, -0.2) is 9.78 Å². The number of hydrogen-bond donors (Lipinski definition) is 1. The predicted molar refractivity (Wildman–Crippen MR) is 67.3 cm³/mol. The van der Waals surface area contributed by atoms with E-state index in [-0.39, 0.29) is 5.56 Å². The van der Waals surface area contributed by atoms with Crippen molar-refractivity contribution in [3.05, 3.63) is 39.8 Å². The van der Waals surface area contributed by atoms with Crippen LogP contribution in [0.2, 0.25) is 0 Å². The fourth-order valence-corrected chi connectivity index (χ4v) is 3.43. The largest absolute Gasteiger partial charge is 0.478 e. The maximum Gasteiger partial charge on any atom is 0.336 e. The van der Waals surface area contributed by atoms with E-state index in [0.717, 1.165) is 9.24 Å². The summed E-state index contributed by atoms with van der Waals surface area (Å²) < 4.78 is 1.52. The zero-order valence-corrected chi connectivity index (χ0v) is 11.1. The van der Waals surface area contributed by atoms with Crippen molar-refractivity contribution in [3.63, 3.8) is 0 Å². The Bertz CT molecular complexity index is 514. The van der Waals surface area contributed by atoms with Gasteiger partial charge >= 0.3 is 5.97 Å². The third-order valence-corrected chi connectivity index (χ3v) is 4.32. The fourth-order valence-electron chi connectivity index (χ4n) is 1.09. The molecular weight excluding hydrogens is 310 g/mol. The molecule has 0 fully saturated rings. The molecule has 1 heterocycles. The normalized spacial score (nSPS) is 10.3. The van der Waals surface area contributed by atoms with Crippen molar-refractivity contribution in [3.8, 4) is 0 Å². The number of nitrogens with zero attached hydrogens (tertiary/aromatic N) is 1. The maximum absolute atomic E-state index is 10.8. The molecule has 0 radical (unpaired) electrons. The number of hydrogen-bond acceptors (Lipinski definition) is 4. The van der Waals surface area contributed by atoms with Crippen LogP contribution in [0.1, 0.15) is 10.4 Å². The molecule has 0 amide bonds. The van der Waals surface area contributed by atoms with Crippen molar-refractivity contribution >= 4 is 45.0 Å². The van der Waals surface area contributed by atoms with Crippen molar-refractivity contribution in [2.45, 2.75) is 9.24 Å². The lowest BCUT2D eigenvalue weighted by atomic mass is 10.2. The van der Waals surface area contributed by atoms with Crippen molar-refractivity contribution in [1.29, 1.82) is 0 Å². The summed E-state index contributed by atoms with van der Waals surface area (Å²) in [5.41, 5.74) is 0.267. The number of rotatable bonds is 3. The first-order valence-electron chi connectivity index (χ1n) is 4.27. The van der Waals surface area contributed by atoms with E-state index in [4.69, 9.17) is 5.11 Å². The van der Waals surface area contributed by atoms with Crippen LogP contribution in [-0.4, -0.2) is 16.1 Å². The highest BCUT2D eigenvalue weighted by atomic mass is 79.9. The monoisotopic (exact) mass is 315 g/mol. The van der Waals surface area contributed by atoms with E-state index in [1.54, 1.807) is 35.7 Å². The molecule has 1 aromatic heterocycles. The highest BCUT2D eigenvalue weighted by Gasteiger charge is 2.09. The second-order valence-corrected chi connectivity index (χ2v) is 5.92. The van der Waals surface area contributed by atoms with Crippen LogP contribution < -0.4 is 0 Å². The van der Waals surface area contributed by atoms with Crippen LogP contribution in [0, 0.1) is 0 Å². The van der Waals surface area contributed by atoms with Crippen LogP contribution in [0.3, 0.4) is 0 Å². The molecule has 0 saturated heterocycles. The Morgan fingerprint density at radius 2 is 2.31 bits per heavy atom. The zero-order chi connectivity index (χ0) is 11.5. The number of aromatic nitrogens is 1. The molecule has 0 aliphatic rings. The number of carboxylic acids is 1. The molecule has 82 valence electrons.